The molecule has 28 heavy (non-hydrogen) atoms. The molecule has 3 aromatic rings. The third kappa shape index (κ3) is 4.78. The molecule has 1 aliphatic rings. The third-order valence-electron chi connectivity index (χ3n) is 5.31. The van der Waals surface area contributed by atoms with Crippen molar-refractivity contribution >= 4 is 16.5 Å². The van der Waals surface area contributed by atoms with E-state index in [2.05, 4.69) is 52.0 Å². The summed E-state index contributed by atoms with van der Waals surface area (Å²) in [6.45, 7) is 4.37. The molecule has 1 saturated heterocycles. The van der Waals surface area contributed by atoms with Crippen LogP contribution in [0.15, 0.2) is 60.0 Å². The lowest BCUT2D eigenvalue weighted by atomic mass is 9.96. The number of benzene rings is 2. The number of nitrogens with zero attached hydrogens (tertiary/aromatic N) is 3. The van der Waals surface area contributed by atoms with Crippen LogP contribution in [-0.2, 0) is 6.54 Å². The highest BCUT2D eigenvalue weighted by molar-refractivity contribution is 7.14. The van der Waals surface area contributed by atoms with Gasteiger partial charge in [0.15, 0.2) is 5.13 Å². The van der Waals surface area contributed by atoms with Gasteiger partial charge < -0.3 is 5.32 Å². The van der Waals surface area contributed by atoms with Gasteiger partial charge in [-0.2, -0.15) is 5.26 Å². The zero-order chi connectivity index (χ0) is 19.2. The summed E-state index contributed by atoms with van der Waals surface area (Å²) in [5, 5.41) is 15.5. The SMILES string of the molecule is N#Cc1ccc(-c2csc(NCC3CCN(Cc4ccccc4)CC3)n2)cc1. The molecule has 5 heteroatoms. The summed E-state index contributed by atoms with van der Waals surface area (Å²) in [5.74, 6) is 0.703. The molecule has 0 spiro atoms. The van der Waals surface area contributed by atoms with Crippen LogP contribution in [0.3, 0.4) is 0 Å². The minimum Gasteiger partial charge on any atom is -0.361 e. The van der Waals surface area contributed by atoms with Gasteiger partial charge in [-0.25, -0.2) is 4.98 Å². The van der Waals surface area contributed by atoms with Crippen LogP contribution in [0.2, 0.25) is 0 Å². The Kier molecular flexibility index (Phi) is 6.01. The van der Waals surface area contributed by atoms with Gasteiger partial charge in [0.2, 0.25) is 0 Å². The number of aromatic nitrogens is 1. The predicted molar refractivity (Wildman–Crippen MR) is 115 cm³/mol. The molecule has 2 heterocycles. The van der Waals surface area contributed by atoms with E-state index in [-0.39, 0.29) is 0 Å². The Balaban J connectivity index is 1.24. The van der Waals surface area contributed by atoms with Crippen molar-refractivity contribution in [1.29, 1.82) is 5.26 Å². The molecular formula is C23H24N4S. The molecule has 0 saturated carbocycles. The average molecular weight is 389 g/mol. The van der Waals surface area contributed by atoms with Gasteiger partial charge in [-0.3, -0.25) is 4.90 Å². The monoisotopic (exact) mass is 388 g/mol. The highest BCUT2D eigenvalue weighted by atomic mass is 32.1. The number of thiazole rings is 1. The molecule has 0 atom stereocenters. The minimum absolute atomic E-state index is 0.677. The van der Waals surface area contributed by atoms with E-state index in [4.69, 9.17) is 10.2 Å². The molecule has 0 unspecified atom stereocenters. The summed E-state index contributed by atoms with van der Waals surface area (Å²) in [6.07, 6.45) is 2.46. The molecule has 0 bridgehead atoms. The van der Waals surface area contributed by atoms with Gasteiger partial charge in [-0.05, 0) is 49.5 Å². The molecule has 4 nitrogen and oxygen atoms in total. The van der Waals surface area contributed by atoms with Crippen molar-refractivity contribution in [2.24, 2.45) is 5.92 Å². The molecule has 1 N–H and O–H groups in total. The van der Waals surface area contributed by atoms with E-state index in [1.54, 1.807) is 11.3 Å². The maximum Gasteiger partial charge on any atom is 0.183 e. The lowest BCUT2D eigenvalue weighted by molar-refractivity contribution is 0.182. The molecule has 0 amide bonds. The Morgan fingerprint density at radius 2 is 1.82 bits per heavy atom. The first-order valence-corrected chi connectivity index (χ1v) is 10.6. The van der Waals surface area contributed by atoms with Crippen molar-refractivity contribution in [2.45, 2.75) is 19.4 Å². The number of anilines is 1. The van der Waals surface area contributed by atoms with E-state index >= 15 is 0 Å². The van der Waals surface area contributed by atoms with Gasteiger partial charge in [-0.15, -0.1) is 11.3 Å². The Hall–Kier alpha value is -2.68. The van der Waals surface area contributed by atoms with Gasteiger partial charge >= 0.3 is 0 Å². The lowest BCUT2D eigenvalue weighted by Crippen LogP contribution is -2.35. The van der Waals surface area contributed by atoms with Crippen LogP contribution in [0.4, 0.5) is 5.13 Å². The third-order valence-corrected chi connectivity index (χ3v) is 6.11. The number of likely N-dealkylation sites (tertiary alicyclic amines) is 1. The van der Waals surface area contributed by atoms with Crippen LogP contribution in [0.5, 0.6) is 0 Å². The Morgan fingerprint density at radius 3 is 2.54 bits per heavy atom. The normalized spacial score (nSPS) is 15.2. The van der Waals surface area contributed by atoms with E-state index < -0.39 is 0 Å². The molecule has 0 radical (unpaired) electrons. The first kappa shape index (κ1) is 18.7. The maximum absolute atomic E-state index is 8.91. The van der Waals surface area contributed by atoms with Crippen molar-refractivity contribution in [3.8, 4) is 17.3 Å². The lowest BCUT2D eigenvalue weighted by Gasteiger charge is -2.32. The van der Waals surface area contributed by atoms with E-state index in [0.717, 1.165) is 42.6 Å². The summed E-state index contributed by atoms with van der Waals surface area (Å²) in [7, 11) is 0. The number of piperidine rings is 1. The number of nitriles is 1. The van der Waals surface area contributed by atoms with Crippen LogP contribution in [-0.4, -0.2) is 29.5 Å². The summed E-state index contributed by atoms with van der Waals surface area (Å²) in [4.78, 5) is 7.26. The van der Waals surface area contributed by atoms with Crippen LogP contribution in [0, 0.1) is 17.2 Å². The van der Waals surface area contributed by atoms with Crippen LogP contribution >= 0.6 is 11.3 Å². The van der Waals surface area contributed by atoms with Gasteiger partial charge in [-0.1, -0.05) is 42.5 Å². The second-order valence-electron chi connectivity index (χ2n) is 7.31. The molecule has 0 aliphatic carbocycles. The smallest absolute Gasteiger partial charge is 0.183 e. The minimum atomic E-state index is 0.677. The summed E-state index contributed by atoms with van der Waals surface area (Å²) < 4.78 is 0. The fraction of sp³-hybridized carbons (Fsp3) is 0.304. The highest BCUT2D eigenvalue weighted by Crippen LogP contribution is 2.26. The molecule has 142 valence electrons. The topological polar surface area (TPSA) is 52.0 Å². The zero-order valence-corrected chi connectivity index (χ0v) is 16.7. The molecule has 1 aliphatic heterocycles. The number of nitrogens with one attached hydrogen (secondary N) is 1. The molecule has 1 fully saturated rings. The van der Waals surface area contributed by atoms with Gasteiger partial charge in [0, 0.05) is 24.0 Å². The van der Waals surface area contributed by atoms with Gasteiger partial charge in [0.1, 0.15) is 0 Å². The van der Waals surface area contributed by atoms with E-state index in [1.807, 2.05) is 24.3 Å². The molecule has 2 aromatic carbocycles. The fourth-order valence-corrected chi connectivity index (χ4v) is 4.35. The largest absolute Gasteiger partial charge is 0.361 e. The second kappa shape index (κ2) is 9.01. The second-order valence-corrected chi connectivity index (χ2v) is 8.17. The van der Waals surface area contributed by atoms with Crippen molar-refractivity contribution in [3.63, 3.8) is 0 Å². The van der Waals surface area contributed by atoms with Crippen molar-refractivity contribution in [1.82, 2.24) is 9.88 Å². The predicted octanol–water partition coefficient (Wildman–Crippen LogP) is 5.01. The summed E-state index contributed by atoms with van der Waals surface area (Å²) >= 11 is 1.65. The van der Waals surface area contributed by atoms with Crippen LogP contribution < -0.4 is 5.32 Å². The van der Waals surface area contributed by atoms with Gasteiger partial charge in [0.25, 0.3) is 0 Å². The van der Waals surface area contributed by atoms with Crippen LogP contribution in [0.1, 0.15) is 24.0 Å². The Labute approximate surface area is 170 Å². The standard InChI is InChI=1S/C23H24N4S/c24-14-18-6-8-21(9-7-18)22-17-28-23(26-22)25-15-19-10-12-27(13-11-19)16-20-4-2-1-3-5-20/h1-9,17,19H,10-13,15-16H2,(H,25,26). The number of hydrogen-bond acceptors (Lipinski definition) is 5. The van der Waals surface area contributed by atoms with E-state index in [9.17, 15) is 0 Å². The molecule has 4 rings (SSSR count). The Bertz CT molecular complexity index is 919. The number of hydrogen-bond donors (Lipinski definition) is 1. The molecular weight excluding hydrogens is 364 g/mol. The van der Waals surface area contributed by atoms with Crippen molar-refractivity contribution in [3.05, 3.63) is 71.1 Å². The fourth-order valence-electron chi connectivity index (χ4n) is 3.62. The molecule has 1 aromatic heterocycles. The quantitative estimate of drug-likeness (QED) is 0.645. The first-order valence-electron chi connectivity index (χ1n) is 9.76. The van der Waals surface area contributed by atoms with E-state index in [1.165, 1.54) is 18.4 Å². The Morgan fingerprint density at radius 1 is 1.07 bits per heavy atom. The van der Waals surface area contributed by atoms with Crippen molar-refractivity contribution < 1.29 is 0 Å². The van der Waals surface area contributed by atoms with Gasteiger partial charge in [0.05, 0.1) is 17.3 Å². The highest BCUT2D eigenvalue weighted by Gasteiger charge is 2.19. The summed E-state index contributed by atoms with van der Waals surface area (Å²) in [5.41, 5.74) is 4.10. The van der Waals surface area contributed by atoms with Crippen molar-refractivity contribution in [2.75, 3.05) is 25.0 Å². The summed E-state index contributed by atoms with van der Waals surface area (Å²) in [6, 6.07) is 20.5. The maximum atomic E-state index is 8.91. The average Bonchev–Trinajstić information content (AvgIpc) is 3.23. The van der Waals surface area contributed by atoms with Crippen LogP contribution in [0.25, 0.3) is 11.3 Å². The zero-order valence-electron chi connectivity index (χ0n) is 15.8. The van der Waals surface area contributed by atoms with E-state index in [0.29, 0.717) is 11.5 Å². The first-order chi connectivity index (χ1) is 13.8. The number of rotatable bonds is 6.